The van der Waals surface area contributed by atoms with Gasteiger partial charge in [-0.2, -0.15) is 0 Å². The van der Waals surface area contributed by atoms with Gasteiger partial charge in [0.2, 0.25) is 5.43 Å². The first-order valence-electron chi connectivity index (χ1n) is 9.60. The van der Waals surface area contributed by atoms with E-state index in [2.05, 4.69) is 0 Å². The Bertz CT molecular complexity index is 1070. The van der Waals surface area contributed by atoms with Gasteiger partial charge in [-0.3, -0.25) is 4.79 Å². The average Bonchev–Trinajstić information content (AvgIpc) is 2.94. The molecule has 146 valence electrons. The van der Waals surface area contributed by atoms with Crippen molar-refractivity contribution in [2.45, 2.75) is 32.2 Å². The third kappa shape index (κ3) is 3.77. The van der Waals surface area contributed by atoms with Crippen molar-refractivity contribution in [1.82, 2.24) is 0 Å². The molecule has 0 atom stereocenters. The van der Waals surface area contributed by atoms with Crippen molar-refractivity contribution in [2.24, 2.45) is 0 Å². The molecular weight excluding hydrogens is 397 g/mol. The largest absolute Gasteiger partial charge is 0.507 e. The van der Waals surface area contributed by atoms with E-state index < -0.39 is 0 Å². The topological polar surface area (TPSA) is 54.9 Å². The molecule has 0 bridgehead atoms. The highest BCUT2D eigenvalue weighted by Gasteiger charge is 2.21. The summed E-state index contributed by atoms with van der Waals surface area (Å²) in [6, 6.07) is 8.21. The molecule has 0 aliphatic carbocycles. The van der Waals surface area contributed by atoms with Crippen molar-refractivity contribution in [3.05, 3.63) is 62.4 Å². The highest BCUT2D eigenvalue weighted by atomic mass is 35.5. The van der Waals surface area contributed by atoms with Gasteiger partial charge in [0.05, 0.1) is 34.6 Å². The zero-order valence-corrected chi connectivity index (χ0v) is 16.9. The van der Waals surface area contributed by atoms with E-state index in [4.69, 9.17) is 27.6 Å². The molecule has 1 saturated heterocycles. The van der Waals surface area contributed by atoms with Gasteiger partial charge in [-0.05, 0) is 49.9 Å². The number of aromatic hydroxyl groups is 1. The summed E-state index contributed by atoms with van der Waals surface area (Å²) in [7, 11) is 0. The summed E-state index contributed by atoms with van der Waals surface area (Å²) < 4.78 is 5.88. The molecule has 2 aromatic carbocycles. The van der Waals surface area contributed by atoms with Gasteiger partial charge in [0.1, 0.15) is 24.1 Å². The van der Waals surface area contributed by atoms with E-state index in [9.17, 15) is 9.90 Å². The number of hydrogen-bond donors (Lipinski definition) is 2. The maximum Gasteiger partial charge on any atom is 0.200 e. The Labute approximate surface area is 173 Å². The Morgan fingerprint density at radius 2 is 1.75 bits per heavy atom. The van der Waals surface area contributed by atoms with Crippen LogP contribution in [0.2, 0.25) is 10.0 Å². The van der Waals surface area contributed by atoms with Crippen LogP contribution in [-0.4, -0.2) is 18.2 Å². The van der Waals surface area contributed by atoms with Crippen LogP contribution in [0.4, 0.5) is 0 Å². The summed E-state index contributed by atoms with van der Waals surface area (Å²) in [5, 5.41) is 11.8. The number of phenols is 1. The van der Waals surface area contributed by atoms with Crippen molar-refractivity contribution in [3.63, 3.8) is 0 Å². The van der Waals surface area contributed by atoms with Crippen LogP contribution in [0, 0.1) is 0 Å². The highest BCUT2D eigenvalue weighted by molar-refractivity contribution is 6.36. The van der Waals surface area contributed by atoms with Crippen molar-refractivity contribution in [3.8, 4) is 16.9 Å². The Morgan fingerprint density at radius 3 is 2.46 bits per heavy atom. The van der Waals surface area contributed by atoms with Crippen LogP contribution in [0.1, 0.15) is 31.2 Å². The quantitative estimate of drug-likeness (QED) is 0.661. The standard InChI is InChI=1S/C22H21Cl2NO3/c23-14-5-6-15(19(24)11-14)18-13-28-22-16(21(18)27)7-8-20(26)17(22)12-25-9-3-1-2-4-10-25/h5-8,11,13,26H,1-4,9-10,12H2/p+1. The summed E-state index contributed by atoms with van der Waals surface area (Å²) in [6.45, 7) is 2.78. The van der Waals surface area contributed by atoms with Crippen LogP contribution >= 0.6 is 23.2 Å². The molecule has 0 spiro atoms. The number of rotatable bonds is 3. The van der Waals surface area contributed by atoms with Crippen LogP contribution in [0.15, 0.2) is 45.8 Å². The molecule has 3 aromatic rings. The maximum atomic E-state index is 13.1. The number of nitrogens with one attached hydrogen (secondary N) is 1. The minimum atomic E-state index is -0.169. The van der Waals surface area contributed by atoms with Gasteiger partial charge in [-0.15, -0.1) is 0 Å². The fourth-order valence-corrected chi connectivity index (χ4v) is 4.48. The van der Waals surface area contributed by atoms with Gasteiger partial charge in [0.15, 0.2) is 0 Å². The van der Waals surface area contributed by atoms with Gasteiger partial charge in [-0.1, -0.05) is 29.3 Å². The number of quaternary nitrogens is 1. The lowest BCUT2D eigenvalue weighted by molar-refractivity contribution is -0.913. The van der Waals surface area contributed by atoms with Gasteiger partial charge in [0, 0.05) is 10.6 Å². The first kappa shape index (κ1) is 19.3. The Hall–Kier alpha value is -2.01. The third-order valence-electron chi connectivity index (χ3n) is 5.48. The van der Waals surface area contributed by atoms with E-state index in [0.717, 1.165) is 13.1 Å². The molecule has 0 amide bonds. The molecule has 0 saturated carbocycles. The van der Waals surface area contributed by atoms with Gasteiger partial charge < -0.3 is 14.4 Å². The minimum Gasteiger partial charge on any atom is -0.507 e. The number of phenolic OH excluding ortho intramolecular Hbond substituents is 1. The zero-order valence-electron chi connectivity index (χ0n) is 15.4. The SMILES string of the molecule is O=c1c(-c2ccc(Cl)cc2Cl)coc2c(C[NH+]3CCCCCC3)c(O)ccc12. The number of fused-ring (bicyclic) bond motifs is 1. The second kappa shape index (κ2) is 8.16. The molecule has 2 N–H and O–H groups in total. The number of likely N-dealkylation sites (tertiary alicyclic amines) is 1. The van der Waals surface area contributed by atoms with Crippen molar-refractivity contribution in [1.29, 1.82) is 0 Å². The fraction of sp³-hybridized carbons (Fsp3) is 0.318. The fourth-order valence-electron chi connectivity index (χ4n) is 3.97. The lowest BCUT2D eigenvalue weighted by atomic mass is 10.0. The highest BCUT2D eigenvalue weighted by Crippen LogP contribution is 2.31. The monoisotopic (exact) mass is 418 g/mol. The van der Waals surface area contributed by atoms with E-state index in [1.54, 1.807) is 30.3 Å². The van der Waals surface area contributed by atoms with E-state index in [0.29, 0.717) is 44.2 Å². The lowest BCUT2D eigenvalue weighted by Gasteiger charge is -2.18. The predicted octanol–water partition coefficient (Wildman–Crippen LogP) is 4.43. The first-order valence-corrected chi connectivity index (χ1v) is 10.4. The van der Waals surface area contributed by atoms with Gasteiger partial charge >= 0.3 is 0 Å². The summed E-state index contributed by atoms with van der Waals surface area (Å²) in [5.41, 5.74) is 1.94. The summed E-state index contributed by atoms with van der Waals surface area (Å²) in [5.74, 6) is 0.171. The van der Waals surface area contributed by atoms with Crippen molar-refractivity contribution < 1.29 is 14.4 Å². The smallest absolute Gasteiger partial charge is 0.200 e. The number of halogens is 2. The van der Waals surface area contributed by atoms with Crippen LogP contribution in [0.25, 0.3) is 22.1 Å². The Balaban J connectivity index is 1.79. The van der Waals surface area contributed by atoms with Crippen LogP contribution in [0.3, 0.4) is 0 Å². The normalized spacial score (nSPS) is 15.6. The molecule has 1 aromatic heterocycles. The summed E-state index contributed by atoms with van der Waals surface area (Å²) in [6.07, 6.45) is 6.31. The van der Waals surface area contributed by atoms with E-state index in [1.807, 2.05) is 0 Å². The zero-order chi connectivity index (χ0) is 19.7. The second-order valence-corrected chi connectivity index (χ2v) is 8.23. The van der Waals surface area contributed by atoms with Crippen molar-refractivity contribution in [2.75, 3.05) is 13.1 Å². The average molecular weight is 419 g/mol. The molecule has 1 aliphatic heterocycles. The van der Waals surface area contributed by atoms with Crippen molar-refractivity contribution >= 4 is 34.2 Å². The molecular formula is C22H22Cl2NO3+. The molecule has 2 heterocycles. The molecule has 1 fully saturated rings. The molecule has 4 nitrogen and oxygen atoms in total. The van der Waals surface area contributed by atoms with Crippen LogP contribution in [0.5, 0.6) is 5.75 Å². The maximum absolute atomic E-state index is 13.1. The lowest BCUT2D eigenvalue weighted by Crippen LogP contribution is -3.10. The van der Waals surface area contributed by atoms with Gasteiger partial charge in [-0.25, -0.2) is 0 Å². The molecule has 6 heteroatoms. The second-order valence-electron chi connectivity index (χ2n) is 7.38. The molecule has 28 heavy (non-hydrogen) atoms. The van der Waals surface area contributed by atoms with Crippen LogP contribution < -0.4 is 10.3 Å². The Kier molecular flexibility index (Phi) is 5.63. The van der Waals surface area contributed by atoms with Crippen LogP contribution in [-0.2, 0) is 6.54 Å². The first-order chi connectivity index (χ1) is 13.5. The third-order valence-corrected chi connectivity index (χ3v) is 6.03. The molecule has 4 rings (SSSR count). The summed E-state index contributed by atoms with van der Waals surface area (Å²) in [4.78, 5) is 14.5. The van der Waals surface area contributed by atoms with E-state index >= 15 is 0 Å². The number of hydrogen-bond acceptors (Lipinski definition) is 3. The molecule has 0 unspecified atom stereocenters. The van der Waals surface area contributed by atoms with E-state index in [1.165, 1.54) is 36.8 Å². The number of benzene rings is 2. The predicted molar refractivity (Wildman–Crippen MR) is 112 cm³/mol. The molecule has 0 radical (unpaired) electrons. The minimum absolute atomic E-state index is 0.169. The van der Waals surface area contributed by atoms with E-state index in [-0.39, 0.29) is 11.2 Å². The summed E-state index contributed by atoms with van der Waals surface area (Å²) >= 11 is 12.2. The molecule has 1 aliphatic rings. The van der Waals surface area contributed by atoms with Gasteiger partial charge in [0.25, 0.3) is 0 Å². The Morgan fingerprint density at radius 1 is 1.00 bits per heavy atom.